The van der Waals surface area contributed by atoms with Crippen LogP contribution in [0, 0.1) is 17.7 Å². The first-order valence-electron chi connectivity index (χ1n) is 5.54. The van der Waals surface area contributed by atoms with Gasteiger partial charge in [0.15, 0.2) is 0 Å². The zero-order valence-corrected chi connectivity index (χ0v) is 10.2. The predicted octanol–water partition coefficient (Wildman–Crippen LogP) is 2.27. The Bertz CT molecular complexity index is 439. The molecule has 0 saturated carbocycles. The lowest BCUT2D eigenvalue weighted by Gasteiger charge is -2.14. The lowest BCUT2D eigenvalue weighted by molar-refractivity contribution is -0.120. The fourth-order valence-electron chi connectivity index (χ4n) is 1.97. The van der Waals surface area contributed by atoms with E-state index in [1.807, 2.05) is 6.92 Å². The number of amides is 1. The van der Waals surface area contributed by atoms with Crippen LogP contribution in [0.4, 0.5) is 10.1 Å². The van der Waals surface area contributed by atoms with Gasteiger partial charge in [-0.3, -0.25) is 4.79 Å². The highest BCUT2D eigenvalue weighted by molar-refractivity contribution is 6.31. The summed E-state index contributed by atoms with van der Waals surface area (Å²) in [6.45, 7) is 3.56. The van der Waals surface area contributed by atoms with E-state index in [1.165, 1.54) is 18.2 Å². The predicted molar refractivity (Wildman–Crippen MR) is 65.6 cm³/mol. The molecule has 0 spiro atoms. The van der Waals surface area contributed by atoms with Crippen molar-refractivity contribution in [3.8, 4) is 0 Å². The Labute approximate surface area is 104 Å². The molecule has 2 N–H and O–H groups in total. The Hall–Kier alpha value is -1.13. The van der Waals surface area contributed by atoms with Gasteiger partial charge in [0.05, 0.1) is 10.9 Å². The highest BCUT2D eigenvalue weighted by Gasteiger charge is 2.29. The minimum absolute atomic E-state index is 0.0143. The largest absolute Gasteiger partial charge is 0.326 e. The molecule has 0 radical (unpaired) electrons. The first-order valence-corrected chi connectivity index (χ1v) is 5.92. The van der Waals surface area contributed by atoms with E-state index in [9.17, 15) is 9.18 Å². The van der Waals surface area contributed by atoms with Crippen LogP contribution in [0.3, 0.4) is 0 Å². The van der Waals surface area contributed by atoms with Gasteiger partial charge in [-0.2, -0.15) is 0 Å². The van der Waals surface area contributed by atoms with Crippen molar-refractivity contribution in [3.05, 3.63) is 29.0 Å². The molecule has 17 heavy (non-hydrogen) atoms. The molecule has 0 bridgehead atoms. The second kappa shape index (κ2) is 5.02. The van der Waals surface area contributed by atoms with Gasteiger partial charge in [-0.15, -0.1) is 0 Å². The molecule has 1 fully saturated rings. The van der Waals surface area contributed by atoms with E-state index < -0.39 is 5.82 Å². The molecular formula is C12H14ClFN2O. The average molecular weight is 257 g/mol. The molecule has 1 saturated heterocycles. The van der Waals surface area contributed by atoms with Crippen molar-refractivity contribution in [2.45, 2.75) is 6.92 Å². The summed E-state index contributed by atoms with van der Waals surface area (Å²) >= 11 is 5.65. The van der Waals surface area contributed by atoms with Crippen LogP contribution in [-0.2, 0) is 4.79 Å². The maximum Gasteiger partial charge on any atom is 0.229 e. The van der Waals surface area contributed by atoms with Gasteiger partial charge < -0.3 is 10.6 Å². The molecule has 3 nitrogen and oxygen atoms in total. The second-order valence-electron chi connectivity index (χ2n) is 4.36. The summed E-state index contributed by atoms with van der Waals surface area (Å²) in [6.07, 6.45) is 0. The van der Waals surface area contributed by atoms with Crippen LogP contribution in [0.5, 0.6) is 0 Å². The summed E-state index contributed by atoms with van der Waals surface area (Å²) < 4.78 is 12.9. The zero-order valence-electron chi connectivity index (χ0n) is 9.47. The van der Waals surface area contributed by atoms with Crippen molar-refractivity contribution >= 4 is 23.2 Å². The number of rotatable bonds is 2. The van der Waals surface area contributed by atoms with Crippen LogP contribution in [0.25, 0.3) is 0 Å². The molecule has 1 amide bonds. The third kappa shape index (κ3) is 2.76. The summed E-state index contributed by atoms with van der Waals surface area (Å²) in [4.78, 5) is 11.9. The Kier molecular flexibility index (Phi) is 3.64. The molecule has 0 aromatic heterocycles. The van der Waals surface area contributed by atoms with Crippen LogP contribution >= 0.6 is 11.6 Å². The van der Waals surface area contributed by atoms with E-state index in [-0.39, 0.29) is 16.8 Å². The number of nitrogens with one attached hydrogen (secondary N) is 2. The van der Waals surface area contributed by atoms with Crippen molar-refractivity contribution in [1.82, 2.24) is 5.32 Å². The summed E-state index contributed by atoms with van der Waals surface area (Å²) in [7, 11) is 0. The van der Waals surface area contributed by atoms with E-state index in [0.717, 1.165) is 6.54 Å². The second-order valence-corrected chi connectivity index (χ2v) is 4.77. The smallest absolute Gasteiger partial charge is 0.229 e. The van der Waals surface area contributed by atoms with E-state index in [0.29, 0.717) is 18.2 Å². The van der Waals surface area contributed by atoms with Gasteiger partial charge in [-0.1, -0.05) is 18.5 Å². The molecule has 0 aliphatic carbocycles. The number of halogens is 2. The minimum Gasteiger partial charge on any atom is -0.326 e. The van der Waals surface area contributed by atoms with E-state index in [4.69, 9.17) is 11.6 Å². The normalized spacial score (nSPS) is 23.7. The lowest BCUT2D eigenvalue weighted by Crippen LogP contribution is -2.27. The van der Waals surface area contributed by atoms with Gasteiger partial charge in [0.1, 0.15) is 5.82 Å². The van der Waals surface area contributed by atoms with Gasteiger partial charge in [0, 0.05) is 12.2 Å². The minimum atomic E-state index is -0.486. The number of hydrogen-bond donors (Lipinski definition) is 2. The van der Waals surface area contributed by atoms with E-state index >= 15 is 0 Å². The molecule has 1 aliphatic heterocycles. The molecule has 1 heterocycles. The van der Waals surface area contributed by atoms with E-state index in [1.54, 1.807) is 0 Å². The van der Waals surface area contributed by atoms with Gasteiger partial charge in [0.25, 0.3) is 0 Å². The summed E-state index contributed by atoms with van der Waals surface area (Å²) in [6, 6.07) is 4.17. The van der Waals surface area contributed by atoms with Crippen molar-refractivity contribution in [2.24, 2.45) is 11.8 Å². The van der Waals surface area contributed by atoms with Crippen LogP contribution < -0.4 is 10.6 Å². The number of anilines is 1. The van der Waals surface area contributed by atoms with Gasteiger partial charge in [-0.25, -0.2) is 4.39 Å². The summed E-state index contributed by atoms with van der Waals surface area (Å²) in [5.41, 5.74) is 0.528. The number of carbonyl (C=O) groups is 1. The number of hydrogen-bond acceptors (Lipinski definition) is 2. The van der Waals surface area contributed by atoms with Gasteiger partial charge >= 0.3 is 0 Å². The quantitative estimate of drug-likeness (QED) is 0.852. The maximum atomic E-state index is 12.9. The Morgan fingerprint density at radius 1 is 1.53 bits per heavy atom. The number of carbonyl (C=O) groups excluding carboxylic acids is 1. The molecule has 1 aromatic rings. The Balaban J connectivity index is 2.05. The van der Waals surface area contributed by atoms with Crippen LogP contribution in [0.1, 0.15) is 6.92 Å². The van der Waals surface area contributed by atoms with Crippen molar-refractivity contribution in [2.75, 3.05) is 18.4 Å². The average Bonchev–Trinajstić information content (AvgIpc) is 2.70. The topological polar surface area (TPSA) is 41.1 Å². The lowest BCUT2D eigenvalue weighted by atomic mass is 9.97. The highest BCUT2D eigenvalue weighted by Crippen LogP contribution is 2.22. The standard InChI is InChI=1S/C12H14ClFN2O/c1-7-5-15-6-9(7)12(17)16-8-2-3-11(14)10(13)4-8/h2-4,7,9,15H,5-6H2,1H3,(H,16,17)/t7-,9-/m1/s1. The first-order chi connectivity index (χ1) is 8.08. The van der Waals surface area contributed by atoms with Crippen molar-refractivity contribution in [3.63, 3.8) is 0 Å². The third-order valence-corrected chi connectivity index (χ3v) is 3.33. The Morgan fingerprint density at radius 2 is 2.29 bits per heavy atom. The van der Waals surface area contributed by atoms with Crippen molar-refractivity contribution in [1.29, 1.82) is 0 Å². The van der Waals surface area contributed by atoms with E-state index in [2.05, 4.69) is 10.6 Å². The first kappa shape index (κ1) is 12.3. The fourth-order valence-corrected chi connectivity index (χ4v) is 2.15. The molecular weight excluding hydrogens is 243 g/mol. The van der Waals surface area contributed by atoms with Gasteiger partial charge in [-0.05, 0) is 30.7 Å². The molecule has 2 rings (SSSR count). The molecule has 92 valence electrons. The zero-order chi connectivity index (χ0) is 12.4. The van der Waals surface area contributed by atoms with Gasteiger partial charge in [0.2, 0.25) is 5.91 Å². The molecule has 5 heteroatoms. The molecule has 1 aliphatic rings. The van der Waals surface area contributed by atoms with Crippen LogP contribution in [0.2, 0.25) is 5.02 Å². The SMILES string of the molecule is C[C@@H]1CNC[C@H]1C(=O)Nc1ccc(F)c(Cl)c1. The molecule has 0 unspecified atom stereocenters. The number of benzene rings is 1. The Morgan fingerprint density at radius 3 is 2.88 bits per heavy atom. The monoisotopic (exact) mass is 256 g/mol. The molecule has 1 aromatic carbocycles. The highest BCUT2D eigenvalue weighted by atomic mass is 35.5. The van der Waals surface area contributed by atoms with Crippen LogP contribution in [0.15, 0.2) is 18.2 Å². The summed E-state index contributed by atoms with van der Waals surface area (Å²) in [5.74, 6) is -0.268. The summed E-state index contributed by atoms with van der Waals surface area (Å²) in [5, 5.41) is 5.93. The fraction of sp³-hybridized carbons (Fsp3) is 0.417. The van der Waals surface area contributed by atoms with Crippen LogP contribution in [-0.4, -0.2) is 19.0 Å². The maximum absolute atomic E-state index is 12.9. The van der Waals surface area contributed by atoms with Crippen molar-refractivity contribution < 1.29 is 9.18 Å². The molecule has 2 atom stereocenters. The third-order valence-electron chi connectivity index (χ3n) is 3.04.